The maximum Gasteiger partial charge on any atom is 0.253 e. The molecule has 1 aromatic rings. The maximum atomic E-state index is 12.7. The molecule has 0 aromatic heterocycles. The first-order valence-corrected chi connectivity index (χ1v) is 8.37. The molecule has 2 aliphatic heterocycles. The van der Waals surface area contributed by atoms with Crippen LogP contribution >= 0.6 is 0 Å². The average molecular weight is 332 g/mol. The Kier molecular flexibility index (Phi) is 4.49. The van der Waals surface area contributed by atoms with Gasteiger partial charge < -0.3 is 19.7 Å². The number of rotatable bonds is 2. The van der Waals surface area contributed by atoms with Crippen molar-refractivity contribution in [2.45, 2.75) is 39.7 Å². The van der Waals surface area contributed by atoms with Gasteiger partial charge in [0, 0.05) is 17.7 Å². The minimum atomic E-state index is -0.481. The summed E-state index contributed by atoms with van der Waals surface area (Å²) in [5.41, 5.74) is 0.865. The molecule has 130 valence electrons. The zero-order valence-corrected chi connectivity index (χ0v) is 14.4. The van der Waals surface area contributed by atoms with Crippen molar-refractivity contribution in [2.75, 3.05) is 30.0 Å². The highest BCUT2D eigenvalue weighted by Crippen LogP contribution is 2.36. The second kappa shape index (κ2) is 6.43. The summed E-state index contributed by atoms with van der Waals surface area (Å²) in [6.45, 7) is 7.29. The van der Waals surface area contributed by atoms with Crippen LogP contribution in [0.4, 0.5) is 11.4 Å². The van der Waals surface area contributed by atoms with Crippen LogP contribution < -0.4 is 15.0 Å². The number of nitrogens with zero attached hydrogens (tertiary/aromatic N) is 1. The number of hydrogen-bond acceptors (Lipinski definition) is 4. The molecule has 24 heavy (non-hydrogen) atoms. The van der Waals surface area contributed by atoms with Crippen molar-refractivity contribution in [1.29, 1.82) is 0 Å². The Labute approximate surface area is 142 Å². The number of benzene rings is 1. The SMILES string of the molecule is CC(C)(C)C(=O)N1CCOc2ccc(NC(=O)C3CCCO3)cc21. The molecule has 1 atom stereocenters. The molecule has 1 fully saturated rings. The zero-order chi connectivity index (χ0) is 17.3. The lowest BCUT2D eigenvalue weighted by Crippen LogP contribution is -2.44. The van der Waals surface area contributed by atoms with Crippen molar-refractivity contribution in [1.82, 2.24) is 0 Å². The van der Waals surface area contributed by atoms with E-state index in [4.69, 9.17) is 9.47 Å². The third-order valence-corrected chi connectivity index (χ3v) is 4.20. The molecule has 2 amide bonds. The maximum absolute atomic E-state index is 12.7. The normalized spacial score (nSPS) is 20.3. The molecule has 1 unspecified atom stereocenters. The van der Waals surface area contributed by atoms with Gasteiger partial charge in [0.15, 0.2) is 0 Å². The summed E-state index contributed by atoms with van der Waals surface area (Å²) in [4.78, 5) is 26.6. The van der Waals surface area contributed by atoms with Crippen molar-refractivity contribution in [2.24, 2.45) is 5.41 Å². The van der Waals surface area contributed by atoms with E-state index >= 15 is 0 Å². The van der Waals surface area contributed by atoms with Crippen molar-refractivity contribution < 1.29 is 19.1 Å². The number of carbonyl (C=O) groups excluding carboxylic acids is 2. The number of hydrogen-bond donors (Lipinski definition) is 1. The van der Waals surface area contributed by atoms with Gasteiger partial charge in [-0.05, 0) is 31.0 Å². The van der Waals surface area contributed by atoms with Crippen LogP contribution in [0.3, 0.4) is 0 Å². The molecule has 1 saturated heterocycles. The number of carbonyl (C=O) groups is 2. The molecule has 0 spiro atoms. The average Bonchev–Trinajstić information content (AvgIpc) is 3.07. The van der Waals surface area contributed by atoms with E-state index in [2.05, 4.69) is 5.32 Å². The lowest BCUT2D eigenvalue weighted by molar-refractivity contribution is -0.126. The molecule has 0 radical (unpaired) electrons. The van der Waals surface area contributed by atoms with E-state index in [-0.39, 0.29) is 17.9 Å². The van der Waals surface area contributed by atoms with Crippen molar-refractivity contribution in [3.63, 3.8) is 0 Å². The van der Waals surface area contributed by atoms with Crippen LogP contribution in [0.5, 0.6) is 5.75 Å². The van der Waals surface area contributed by atoms with E-state index in [0.717, 1.165) is 12.8 Å². The zero-order valence-electron chi connectivity index (χ0n) is 14.4. The third kappa shape index (κ3) is 3.38. The number of anilines is 2. The van der Waals surface area contributed by atoms with Gasteiger partial charge in [0.25, 0.3) is 5.91 Å². The lowest BCUT2D eigenvalue weighted by Gasteiger charge is -2.34. The van der Waals surface area contributed by atoms with Crippen molar-refractivity contribution in [3.05, 3.63) is 18.2 Å². The molecule has 6 nitrogen and oxygen atoms in total. The molecule has 0 aliphatic carbocycles. The van der Waals surface area contributed by atoms with Gasteiger partial charge in [0.05, 0.1) is 12.2 Å². The first-order chi connectivity index (χ1) is 11.4. The molecule has 1 N–H and O–H groups in total. The summed E-state index contributed by atoms with van der Waals surface area (Å²) in [6.07, 6.45) is 1.27. The van der Waals surface area contributed by atoms with Crippen LogP contribution in [-0.2, 0) is 14.3 Å². The third-order valence-electron chi connectivity index (χ3n) is 4.20. The first kappa shape index (κ1) is 16.8. The molecule has 0 bridgehead atoms. The van der Waals surface area contributed by atoms with Gasteiger partial charge in [-0.1, -0.05) is 20.8 Å². The Bertz CT molecular complexity index is 645. The second-order valence-corrected chi connectivity index (χ2v) is 7.23. The Morgan fingerprint density at radius 2 is 2.04 bits per heavy atom. The Balaban J connectivity index is 1.82. The fraction of sp³-hybridized carbons (Fsp3) is 0.556. The molecule has 3 rings (SSSR count). The fourth-order valence-corrected chi connectivity index (χ4v) is 2.92. The topological polar surface area (TPSA) is 67.9 Å². The summed E-state index contributed by atoms with van der Waals surface area (Å²) >= 11 is 0. The minimum absolute atomic E-state index is 0.0367. The highest BCUT2D eigenvalue weighted by atomic mass is 16.5. The van der Waals surface area contributed by atoms with Crippen LogP contribution in [0.1, 0.15) is 33.6 Å². The largest absolute Gasteiger partial charge is 0.490 e. The number of amides is 2. The summed E-state index contributed by atoms with van der Waals surface area (Å²) < 4.78 is 11.0. The molecule has 2 heterocycles. The molecule has 1 aromatic carbocycles. The monoisotopic (exact) mass is 332 g/mol. The van der Waals surface area contributed by atoms with Crippen molar-refractivity contribution >= 4 is 23.2 Å². The van der Waals surface area contributed by atoms with Crippen LogP contribution in [0.2, 0.25) is 0 Å². The quantitative estimate of drug-likeness (QED) is 0.904. The lowest BCUT2D eigenvalue weighted by atomic mass is 9.94. The molecule has 6 heteroatoms. The molecule has 0 saturated carbocycles. The van der Waals surface area contributed by atoms with Gasteiger partial charge >= 0.3 is 0 Å². The van der Waals surface area contributed by atoms with Gasteiger partial charge in [-0.2, -0.15) is 0 Å². The Hall–Kier alpha value is -2.08. The van der Waals surface area contributed by atoms with E-state index in [1.807, 2.05) is 20.8 Å². The Morgan fingerprint density at radius 1 is 1.25 bits per heavy atom. The van der Waals surface area contributed by atoms with E-state index in [1.165, 1.54) is 0 Å². The van der Waals surface area contributed by atoms with Crippen molar-refractivity contribution in [3.8, 4) is 5.75 Å². The minimum Gasteiger partial charge on any atom is -0.490 e. The summed E-state index contributed by atoms with van der Waals surface area (Å²) in [5, 5.41) is 2.87. The number of nitrogens with one attached hydrogen (secondary N) is 1. The van der Waals surface area contributed by atoms with Gasteiger partial charge in [0.1, 0.15) is 18.5 Å². The van der Waals surface area contributed by atoms with Gasteiger partial charge in [-0.15, -0.1) is 0 Å². The second-order valence-electron chi connectivity index (χ2n) is 7.23. The van der Waals surface area contributed by atoms with E-state index in [0.29, 0.717) is 36.9 Å². The first-order valence-electron chi connectivity index (χ1n) is 8.37. The molecule has 2 aliphatic rings. The predicted octanol–water partition coefficient (Wildman–Crippen LogP) is 2.58. The van der Waals surface area contributed by atoms with Gasteiger partial charge in [-0.25, -0.2) is 0 Å². The van der Waals surface area contributed by atoms with Crippen LogP contribution in [0.25, 0.3) is 0 Å². The van der Waals surface area contributed by atoms with E-state index < -0.39 is 5.41 Å². The number of ether oxygens (including phenoxy) is 2. The van der Waals surface area contributed by atoms with E-state index in [9.17, 15) is 9.59 Å². The smallest absolute Gasteiger partial charge is 0.253 e. The highest BCUT2D eigenvalue weighted by Gasteiger charge is 2.32. The fourth-order valence-electron chi connectivity index (χ4n) is 2.92. The standard InChI is InChI=1S/C18H24N2O4/c1-18(2,3)17(22)20-8-10-24-14-7-6-12(11-13(14)20)19-16(21)15-5-4-9-23-15/h6-7,11,15H,4-5,8-10H2,1-3H3,(H,19,21). The summed E-state index contributed by atoms with van der Waals surface area (Å²) in [6, 6.07) is 5.38. The van der Waals surface area contributed by atoms with Crippen LogP contribution in [0.15, 0.2) is 18.2 Å². The molecular weight excluding hydrogens is 308 g/mol. The predicted molar refractivity (Wildman–Crippen MR) is 91.3 cm³/mol. The molecular formula is C18H24N2O4. The summed E-state index contributed by atoms with van der Waals surface area (Å²) in [7, 11) is 0. The number of fused-ring (bicyclic) bond motifs is 1. The van der Waals surface area contributed by atoms with Gasteiger partial charge in [-0.3, -0.25) is 9.59 Å². The van der Waals surface area contributed by atoms with Crippen LogP contribution in [0, 0.1) is 5.41 Å². The van der Waals surface area contributed by atoms with E-state index in [1.54, 1.807) is 23.1 Å². The summed E-state index contributed by atoms with van der Waals surface area (Å²) in [5.74, 6) is 0.557. The highest BCUT2D eigenvalue weighted by molar-refractivity contribution is 6.00. The Morgan fingerprint density at radius 3 is 2.71 bits per heavy atom. The van der Waals surface area contributed by atoms with Crippen LogP contribution in [-0.4, -0.2) is 37.7 Å². The van der Waals surface area contributed by atoms with Gasteiger partial charge in [0.2, 0.25) is 5.91 Å².